The van der Waals surface area contributed by atoms with Gasteiger partial charge < -0.3 is 10.1 Å². The summed E-state index contributed by atoms with van der Waals surface area (Å²) in [6, 6.07) is 9.20. The predicted molar refractivity (Wildman–Crippen MR) is 82.7 cm³/mol. The first-order chi connectivity index (χ1) is 10.2. The number of hydrogen-bond acceptors (Lipinski definition) is 3. The van der Waals surface area contributed by atoms with Crippen LogP contribution >= 0.6 is 11.6 Å². The molecule has 2 atom stereocenters. The SMILES string of the molecule is COC1CCCC1NC(=O)c1cc(Cl)c2ccccc2n1. The highest BCUT2D eigenvalue weighted by Gasteiger charge is 2.29. The third kappa shape index (κ3) is 2.87. The average Bonchev–Trinajstić information content (AvgIpc) is 2.94. The monoisotopic (exact) mass is 304 g/mol. The number of carbonyl (C=O) groups is 1. The van der Waals surface area contributed by atoms with Crippen molar-refractivity contribution < 1.29 is 9.53 Å². The minimum Gasteiger partial charge on any atom is -0.379 e. The number of hydrogen-bond donors (Lipinski definition) is 1. The van der Waals surface area contributed by atoms with E-state index in [1.54, 1.807) is 13.2 Å². The van der Waals surface area contributed by atoms with Gasteiger partial charge in [0.25, 0.3) is 5.91 Å². The lowest BCUT2D eigenvalue weighted by molar-refractivity contribution is 0.0719. The molecule has 1 aromatic carbocycles. The molecule has 0 bridgehead atoms. The summed E-state index contributed by atoms with van der Waals surface area (Å²) in [4.78, 5) is 16.8. The minimum atomic E-state index is -0.198. The molecule has 0 radical (unpaired) electrons. The fourth-order valence-electron chi connectivity index (χ4n) is 2.86. The van der Waals surface area contributed by atoms with Crippen molar-refractivity contribution in [1.29, 1.82) is 0 Å². The molecule has 5 heteroatoms. The zero-order valence-electron chi connectivity index (χ0n) is 11.8. The fraction of sp³-hybridized carbons (Fsp3) is 0.375. The van der Waals surface area contributed by atoms with Crippen molar-refractivity contribution in [2.45, 2.75) is 31.4 Å². The maximum absolute atomic E-state index is 12.4. The number of pyridine rings is 1. The quantitative estimate of drug-likeness (QED) is 0.947. The topological polar surface area (TPSA) is 51.2 Å². The molecule has 2 unspecified atom stereocenters. The van der Waals surface area contributed by atoms with Crippen molar-refractivity contribution in [3.63, 3.8) is 0 Å². The highest BCUT2D eigenvalue weighted by Crippen LogP contribution is 2.24. The first kappa shape index (κ1) is 14.3. The number of benzene rings is 1. The summed E-state index contributed by atoms with van der Waals surface area (Å²) in [5.41, 5.74) is 1.07. The third-order valence-electron chi connectivity index (χ3n) is 3.97. The molecule has 3 rings (SSSR count). The van der Waals surface area contributed by atoms with Crippen molar-refractivity contribution in [1.82, 2.24) is 10.3 Å². The van der Waals surface area contributed by atoms with Gasteiger partial charge in [-0.15, -0.1) is 0 Å². The molecule has 1 aromatic heterocycles. The van der Waals surface area contributed by atoms with E-state index in [1.165, 1.54) is 0 Å². The van der Waals surface area contributed by atoms with Crippen molar-refractivity contribution in [2.24, 2.45) is 0 Å². The number of nitrogens with zero attached hydrogens (tertiary/aromatic N) is 1. The zero-order chi connectivity index (χ0) is 14.8. The number of carbonyl (C=O) groups excluding carboxylic acids is 1. The molecule has 1 N–H and O–H groups in total. The van der Waals surface area contributed by atoms with Crippen molar-refractivity contribution in [2.75, 3.05) is 7.11 Å². The first-order valence-corrected chi connectivity index (χ1v) is 7.46. The van der Waals surface area contributed by atoms with Gasteiger partial charge in [-0.3, -0.25) is 4.79 Å². The average molecular weight is 305 g/mol. The van der Waals surface area contributed by atoms with E-state index in [2.05, 4.69) is 10.3 Å². The molecule has 0 aliphatic heterocycles. The van der Waals surface area contributed by atoms with Crippen LogP contribution in [0.4, 0.5) is 0 Å². The van der Waals surface area contributed by atoms with Crippen molar-refractivity contribution in [3.8, 4) is 0 Å². The summed E-state index contributed by atoms with van der Waals surface area (Å²) >= 11 is 6.23. The Hall–Kier alpha value is -1.65. The van der Waals surface area contributed by atoms with Gasteiger partial charge in [0.05, 0.1) is 22.7 Å². The van der Waals surface area contributed by atoms with Crippen LogP contribution in [0.25, 0.3) is 10.9 Å². The van der Waals surface area contributed by atoms with E-state index in [0.717, 1.165) is 30.2 Å². The number of nitrogens with one attached hydrogen (secondary N) is 1. The van der Waals surface area contributed by atoms with E-state index in [0.29, 0.717) is 10.7 Å². The smallest absolute Gasteiger partial charge is 0.270 e. The van der Waals surface area contributed by atoms with Crippen LogP contribution in [0.3, 0.4) is 0 Å². The van der Waals surface area contributed by atoms with E-state index in [1.807, 2.05) is 24.3 Å². The number of amides is 1. The maximum Gasteiger partial charge on any atom is 0.270 e. The summed E-state index contributed by atoms with van der Waals surface area (Å²) < 4.78 is 5.39. The number of rotatable bonds is 3. The normalized spacial score (nSPS) is 21.6. The van der Waals surface area contributed by atoms with Crippen LogP contribution in [-0.2, 0) is 4.74 Å². The van der Waals surface area contributed by atoms with Crippen LogP contribution in [0.1, 0.15) is 29.8 Å². The van der Waals surface area contributed by atoms with E-state index in [-0.39, 0.29) is 18.1 Å². The molecule has 1 saturated carbocycles. The molecule has 1 aliphatic rings. The first-order valence-electron chi connectivity index (χ1n) is 7.08. The Bertz CT molecular complexity index is 674. The molecular weight excluding hydrogens is 288 g/mol. The van der Waals surface area contributed by atoms with Gasteiger partial charge in [-0.1, -0.05) is 29.8 Å². The van der Waals surface area contributed by atoms with Crippen molar-refractivity contribution >= 4 is 28.4 Å². The molecular formula is C16H17ClN2O2. The molecule has 110 valence electrons. The van der Waals surface area contributed by atoms with Crippen LogP contribution in [0.15, 0.2) is 30.3 Å². The standard InChI is InChI=1S/C16H17ClN2O2/c1-21-15-8-4-7-13(15)19-16(20)14-9-11(17)10-5-2-3-6-12(10)18-14/h2-3,5-6,9,13,15H,4,7-8H2,1H3,(H,19,20). The van der Waals surface area contributed by atoms with E-state index in [9.17, 15) is 4.79 Å². The van der Waals surface area contributed by atoms with Gasteiger partial charge >= 0.3 is 0 Å². The second kappa shape index (κ2) is 6.00. The lowest BCUT2D eigenvalue weighted by Crippen LogP contribution is -2.41. The van der Waals surface area contributed by atoms with Gasteiger partial charge in [0.1, 0.15) is 5.69 Å². The number of ether oxygens (including phenoxy) is 1. The molecule has 1 heterocycles. The van der Waals surface area contributed by atoms with Gasteiger partial charge in [-0.05, 0) is 31.4 Å². The molecule has 0 saturated heterocycles. The second-order valence-corrected chi connectivity index (χ2v) is 5.70. The lowest BCUT2D eigenvalue weighted by Gasteiger charge is -2.19. The summed E-state index contributed by atoms with van der Waals surface area (Å²) in [7, 11) is 1.68. The molecule has 0 spiro atoms. The van der Waals surface area contributed by atoms with Gasteiger partial charge in [-0.25, -0.2) is 4.98 Å². The third-order valence-corrected chi connectivity index (χ3v) is 4.28. The number of halogens is 1. The molecule has 1 amide bonds. The Morgan fingerprint density at radius 2 is 2.19 bits per heavy atom. The van der Waals surface area contributed by atoms with Crippen LogP contribution in [-0.4, -0.2) is 30.1 Å². The van der Waals surface area contributed by atoms with Crippen LogP contribution in [0.5, 0.6) is 0 Å². The van der Waals surface area contributed by atoms with Crippen molar-refractivity contribution in [3.05, 3.63) is 41.0 Å². The molecule has 1 fully saturated rings. The van der Waals surface area contributed by atoms with Gasteiger partial charge in [-0.2, -0.15) is 0 Å². The Morgan fingerprint density at radius 3 is 3.00 bits per heavy atom. The van der Waals surface area contributed by atoms with Crippen LogP contribution in [0, 0.1) is 0 Å². The Labute approximate surface area is 128 Å². The van der Waals surface area contributed by atoms with Gasteiger partial charge in [0, 0.05) is 12.5 Å². The van der Waals surface area contributed by atoms with E-state index in [4.69, 9.17) is 16.3 Å². The molecule has 1 aliphatic carbocycles. The number of aromatic nitrogens is 1. The largest absolute Gasteiger partial charge is 0.379 e. The Balaban J connectivity index is 1.84. The fourth-order valence-corrected chi connectivity index (χ4v) is 3.13. The van der Waals surface area contributed by atoms with Gasteiger partial charge in [0.15, 0.2) is 0 Å². The summed E-state index contributed by atoms with van der Waals surface area (Å²) in [5, 5.41) is 4.40. The maximum atomic E-state index is 12.4. The summed E-state index contributed by atoms with van der Waals surface area (Å²) in [6.07, 6.45) is 3.07. The van der Waals surface area contributed by atoms with E-state index >= 15 is 0 Å². The van der Waals surface area contributed by atoms with Gasteiger partial charge in [0.2, 0.25) is 0 Å². The highest BCUT2D eigenvalue weighted by atomic mass is 35.5. The molecule has 2 aromatic rings. The van der Waals surface area contributed by atoms with Crippen LogP contribution in [0.2, 0.25) is 5.02 Å². The predicted octanol–water partition coefficient (Wildman–Crippen LogP) is 3.19. The summed E-state index contributed by atoms with van der Waals surface area (Å²) in [5.74, 6) is -0.198. The number of para-hydroxylation sites is 1. The molecule has 4 nitrogen and oxygen atoms in total. The number of methoxy groups -OCH3 is 1. The molecule has 21 heavy (non-hydrogen) atoms. The minimum absolute atomic E-state index is 0.0505. The Kier molecular flexibility index (Phi) is 4.08. The van der Waals surface area contributed by atoms with Crippen LogP contribution < -0.4 is 5.32 Å². The van der Waals surface area contributed by atoms with E-state index < -0.39 is 0 Å². The lowest BCUT2D eigenvalue weighted by atomic mass is 10.1. The zero-order valence-corrected chi connectivity index (χ0v) is 12.6. The highest BCUT2D eigenvalue weighted by molar-refractivity contribution is 6.35. The summed E-state index contributed by atoms with van der Waals surface area (Å²) in [6.45, 7) is 0. The Morgan fingerprint density at radius 1 is 1.38 bits per heavy atom. The number of fused-ring (bicyclic) bond motifs is 1. The second-order valence-electron chi connectivity index (χ2n) is 5.29.